The number of rotatable bonds is 4. The van der Waals surface area contributed by atoms with Crippen LogP contribution in [0.2, 0.25) is 5.02 Å². The average Bonchev–Trinajstić information content (AvgIpc) is 2.68. The van der Waals surface area contributed by atoms with Crippen LogP contribution in [0.4, 0.5) is 22.7 Å². The van der Waals surface area contributed by atoms with Gasteiger partial charge in [-0.1, -0.05) is 41.6 Å². The van der Waals surface area contributed by atoms with Gasteiger partial charge in [0, 0.05) is 32.6 Å². The maximum atomic E-state index is 12.7. The molecule has 0 spiro atoms. The number of fused-ring (bicyclic) bond motifs is 2. The summed E-state index contributed by atoms with van der Waals surface area (Å²) in [7, 11) is 0. The summed E-state index contributed by atoms with van der Waals surface area (Å²) in [5.74, 6) is -0.284. The number of amides is 1. The van der Waals surface area contributed by atoms with Crippen molar-refractivity contribution in [3.05, 3.63) is 81.9 Å². The number of nitrogens with zero attached hydrogens (tertiary/aromatic N) is 2. The van der Waals surface area contributed by atoms with Gasteiger partial charge in [0.25, 0.3) is 5.69 Å². The van der Waals surface area contributed by atoms with Gasteiger partial charge in [0.1, 0.15) is 6.54 Å². The van der Waals surface area contributed by atoms with Crippen LogP contribution in [0, 0.1) is 10.1 Å². The van der Waals surface area contributed by atoms with E-state index in [1.54, 1.807) is 17.8 Å². The van der Waals surface area contributed by atoms with Gasteiger partial charge in [-0.3, -0.25) is 14.9 Å². The Kier molecular flexibility index (Phi) is 4.93. The molecule has 0 bridgehead atoms. The molecule has 3 aromatic rings. The molecule has 1 N–H and O–H groups in total. The lowest BCUT2D eigenvalue weighted by molar-refractivity contribution is -0.384. The maximum Gasteiger partial charge on any atom is 0.271 e. The molecule has 1 amide bonds. The molecule has 1 aliphatic heterocycles. The van der Waals surface area contributed by atoms with Crippen LogP contribution < -0.4 is 10.2 Å². The Morgan fingerprint density at radius 2 is 1.82 bits per heavy atom. The zero-order chi connectivity index (χ0) is 19.7. The van der Waals surface area contributed by atoms with Crippen LogP contribution >= 0.6 is 23.4 Å². The van der Waals surface area contributed by atoms with Crippen molar-refractivity contribution in [2.75, 3.05) is 16.8 Å². The molecular formula is C20H14ClN3O3S. The summed E-state index contributed by atoms with van der Waals surface area (Å²) in [6.45, 7) is 0.0492. The molecule has 1 heterocycles. The molecule has 8 heteroatoms. The van der Waals surface area contributed by atoms with Crippen LogP contribution in [0.3, 0.4) is 0 Å². The molecule has 140 valence electrons. The average molecular weight is 412 g/mol. The van der Waals surface area contributed by atoms with Gasteiger partial charge in [-0.15, -0.1) is 0 Å². The Labute approximate surface area is 170 Å². The standard InChI is InChI=1S/C20H14ClN3O3S/c21-13-8-9-19-17(10-13)23(16-6-1-2-7-18(16)28-19)12-20(25)22-14-4-3-5-15(11-14)24(26)27/h1-11H,12H2,(H,22,25). The van der Waals surface area contributed by atoms with Crippen molar-refractivity contribution in [3.63, 3.8) is 0 Å². The number of hydrogen-bond acceptors (Lipinski definition) is 5. The van der Waals surface area contributed by atoms with Gasteiger partial charge in [-0.05, 0) is 36.4 Å². The molecule has 0 atom stereocenters. The first kappa shape index (κ1) is 18.3. The number of carbonyl (C=O) groups excluding carboxylic acids is 1. The number of anilines is 3. The molecular weight excluding hydrogens is 398 g/mol. The Morgan fingerprint density at radius 1 is 1.04 bits per heavy atom. The van der Waals surface area contributed by atoms with E-state index >= 15 is 0 Å². The number of carbonyl (C=O) groups is 1. The third-order valence-electron chi connectivity index (χ3n) is 4.23. The zero-order valence-corrected chi connectivity index (χ0v) is 16.0. The Balaban J connectivity index is 1.62. The number of para-hydroxylation sites is 1. The lowest BCUT2D eigenvalue weighted by Gasteiger charge is -2.32. The number of hydrogen-bond donors (Lipinski definition) is 1. The van der Waals surface area contributed by atoms with Crippen molar-refractivity contribution < 1.29 is 9.72 Å². The van der Waals surface area contributed by atoms with Crippen molar-refractivity contribution in [1.29, 1.82) is 0 Å². The van der Waals surface area contributed by atoms with E-state index in [1.165, 1.54) is 18.2 Å². The molecule has 3 aromatic carbocycles. The first-order valence-corrected chi connectivity index (χ1v) is 9.59. The smallest absolute Gasteiger partial charge is 0.271 e. The first-order valence-electron chi connectivity index (χ1n) is 8.39. The van der Waals surface area contributed by atoms with Gasteiger partial charge >= 0.3 is 0 Å². The van der Waals surface area contributed by atoms with Crippen molar-refractivity contribution in [3.8, 4) is 0 Å². The fourth-order valence-corrected chi connectivity index (χ4v) is 4.26. The topological polar surface area (TPSA) is 75.5 Å². The maximum absolute atomic E-state index is 12.7. The predicted octanol–water partition coefficient (Wildman–Crippen LogP) is 5.49. The van der Waals surface area contributed by atoms with Crippen molar-refractivity contribution in [1.82, 2.24) is 0 Å². The molecule has 0 radical (unpaired) electrons. The largest absolute Gasteiger partial charge is 0.330 e. The van der Waals surface area contributed by atoms with E-state index in [2.05, 4.69) is 5.32 Å². The van der Waals surface area contributed by atoms with Crippen molar-refractivity contribution in [2.45, 2.75) is 9.79 Å². The van der Waals surface area contributed by atoms with Crippen molar-refractivity contribution >= 4 is 52.0 Å². The minimum atomic E-state index is -0.494. The number of benzene rings is 3. The zero-order valence-electron chi connectivity index (χ0n) is 14.5. The molecule has 0 unspecified atom stereocenters. The summed E-state index contributed by atoms with van der Waals surface area (Å²) in [5, 5.41) is 14.3. The second kappa shape index (κ2) is 7.53. The second-order valence-electron chi connectivity index (χ2n) is 6.12. The summed E-state index contributed by atoms with van der Waals surface area (Å²) < 4.78 is 0. The number of halogens is 1. The van der Waals surface area contributed by atoms with Gasteiger partial charge in [0.15, 0.2) is 0 Å². The van der Waals surface area contributed by atoms with E-state index in [1.807, 2.05) is 47.4 Å². The van der Waals surface area contributed by atoms with E-state index in [0.717, 1.165) is 21.2 Å². The Bertz CT molecular complexity index is 1090. The van der Waals surface area contributed by atoms with Crippen molar-refractivity contribution in [2.24, 2.45) is 0 Å². The highest BCUT2D eigenvalue weighted by molar-refractivity contribution is 7.99. The highest BCUT2D eigenvalue weighted by Crippen LogP contribution is 2.48. The summed E-state index contributed by atoms with van der Waals surface area (Å²) in [6.07, 6.45) is 0. The molecule has 0 saturated carbocycles. The van der Waals surface area contributed by atoms with Crippen LogP contribution in [-0.4, -0.2) is 17.4 Å². The van der Waals surface area contributed by atoms with Crippen LogP contribution in [0.1, 0.15) is 0 Å². The normalized spacial score (nSPS) is 12.1. The van der Waals surface area contributed by atoms with Crippen LogP contribution in [0.5, 0.6) is 0 Å². The van der Waals surface area contributed by atoms with Gasteiger partial charge in [0.2, 0.25) is 5.91 Å². The number of nitro benzene ring substituents is 1. The molecule has 1 aliphatic rings. The van der Waals surface area contributed by atoms with Crippen LogP contribution in [0.15, 0.2) is 76.5 Å². The predicted molar refractivity (Wildman–Crippen MR) is 111 cm³/mol. The molecule has 0 fully saturated rings. The molecule has 28 heavy (non-hydrogen) atoms. The highest BCUT2D eigenvalue weighted by atomic mass is 35.5. The second-order valence-corrected chi connectivity index (χ2v) is 7.64. The minimum Gasteiger partial charge on any atom is -0.330 e. The summed E-state index contributed by atoms with van der Waals surface area (Å²) in [6, 6.07) is 19.3. The van der Waals surface area contributed by atoms with E-state index in [9.17, 15) is 14.9 Å². The van der Waals surface area contributed by atoms with Gasteiger partial charge in [-0.2, -0.15) is 0 Å². The fraction of sp³-hybridized carbons (Fsp3) is 0.0500. The summed E-state index contributed by atoms with van der Waals surface area (Å²) in [5.41, 5.74) is 2.07. The molecule has 6 nitrogen and oxygen atoms in total. The molecule has 0 saturated heterocycles. The molecule has 0 aromatic heterocycles. The SMILES string of the molecule is O=C(CN1c2ccccc2Sc2ccc(Cl)cc21)Nc1cccc([N+](=O)[O-])c1. The third-order valence-corrected chi connectivity index (χ3v) is 5.60. The monoisotopic (exact) mass is 411 g/mol. The fourth-order valence-electron chi connectivity index (χ4n) is 3.01. The molecule has 0 aliphatic carbocycles. The van der Waals surface area contributed by atoms with Crippen LogP contribution in [0.25, 0.3) is 0 Å². The minimum absolute atomic E-state index is 0.0492. The van der Waals surface area contributed by atoms with E-state index in [0.29, 0.717) is 10.7 Å². The third kappa shape index (κ3) is 3.67. The van der Waals surface area contributed by atoms with Gasteiger partial charge < -0.3 is 10.2 Å². The van der Waals surface area contributed by atoms with Crippen LogP contribution in [-0.2, 0) is 4.79 Å². The van der Waals surface area contributed by atoms with Gasteiger partial charge in [0.05, 0.1) is 16.3 Å². The lowest BCUT2D eigenvalue weighted by atomic mass is 10.2. The summed E-state index contributed by atoms with van der Waals surface area (Å²) in [4.78, 5) is 27.1. The van der Waals surface area contributed by atoms with E-state index in [-0.39, 0.29) is 18.1 Å². The highest BCUT2D eigenvalue weighted by Gasteiger charge is 2.25. The summed E-state index contributed by atoms with van der Waals surface area (Å²) >= 11 is 7.81. The Morgan fingerprint density at radius 3 is 2.64 bits per heavy atom. The van der Waals surface area contributed by atoms with E-state index < -0.39 is 4.92 Å². The quantitative estimate of drug-likeness (QED) is 0.453. The molecule has 4 rings (SSSR count). The first-order chi connectivity index (χ1) is 13.5. The number of nitro groups is 1. The van der Waals surface area contributed by atoms with Gasteiger partial charge in [-0.25, -0.2) is 0 Å². The lowest BCUT2D eigenvalue weighted by Crippen LogP contribution is -2.31. The number of nitrogens with one attached hydrogen (secondary N) is 1. The number of non-ortho nitro benzene ring substituents is 1. The Hall–Kier alpha value is -3.03. The van der Waals surface area contributed by atoms with E-state index in [4.69, 9.17) is 11.6 Å².